The summed E-state index contributed by atoms with van der Waals surface area (Å²) in [5.41, 5.74) is 5.53. The highest BCUT2D eigenvalue weighted by Gasteiger charge is 2.31. The van der Waals surface area contributed by atoms with Gasteiger partial charge in [0.1, 0.15) is 0 Å². The molecule has 0 atom stereocenters. The van der Waals surface area contributed by atoms with Crippen molar-refractivity contribution in [2.75, 3.05) is 19.8 Å². The van der Waals surface area contributed by atoms with Gasteiger partial charge in [0, 0.05) is 31.7 Å². The monoisotopic (exact) mass is 256 g/mol. The predicted molar refractivity (Wildman–Crippen MR) is 73.2 cm³/mol. The van der Waals surface area contributed by atoms with Gasteiger partial charge in [-0.05, 0) is 38.0 Å². The van der Waals surface area contributed by atoms with E-state index in [-0.39, 0.29) is 11.3 Å². The second kappa shape index (κ2) is 6.02. The van der Waals surface area contributed by atoms with Crippen LogP contribution in [0.3, 0.4) is 0 Å². The van der Waals surface area contributed by atoms with Gasteiger partial charge in [0.15, 0.2) is 0 Å². The van der Waals surface area contributed by atoms with Crippen molar-refractivity contribution in [2.24, 2.45) is 17.1 Å². The van der Waals surface area contributed by atoms with Crippen LogP contribution in [-0.2, 0) is 9.53 Å². The fourth-order valence-corrected chi connectivity index (χ4v) is 2.43. The number of hydrogen-bond donors (Lipinski definition) is 2. The smallest absolute Gasteiger partial charge is 0.221 e. The number of rotatable bonds is 5. The van der Waals surface area contributed by atoms with Crippen LogP contribution in [0.4, 0.5) is 0 Å². The summed E-state index contributed by atoms with van der Waals surface area (Å²) in [5, 5.41) is 3.02. The number of amides is 1. The van der Waals surface area contributed by atoms with Crippen LogP contribution in [0.1, 0.15) is 47.0 Å². The Hall–Kier alpha value is -0.610. The van der Waals surface area contributed by atoms with E-state index >= 15 is 0 Å². The molecule has 0 radical (unpaired) electrons. The number of carbonyl (C=O) groups excluding carboxylic acids is 1. The van der Waals surface area contributed by atoms with Crippen LogP contribution in [0, 0.1) is 11.3 Å². The van der Waals surface area contributed by atoms with Crippen LogP contribution >= 0.6 is 0 Å². The van der Waals surface area contributed by atoms with Gasteiger partial charge in [-0.25, -0.2) is 0 Å². The average molecular weight is 256 g/mol. The maximum absolute atomic E-state index is 11.8. The minimum atomic E-state index is -0.438. The lowest BCUT2D eigenvalue weighted by Gasteiger charge is -2.37. The normalized spacial score (nSPS) is 18.7. The molecule has 0 unspecified atom stereocenters. The van der Waals surface area contributed by atoms with E-state index in [1.165, 1.54) is 0 Å². The summed E-state index contributed by atoms with van der Waals surface area (Å²) in [6.45, 7) is 10.6. The van der Waals surface area contributed by atoms with E-state index in [2.05, 4.69) is 19.2 Å². The molecule has 4 heteroatoms. The number of carbonyl (C=O) groups is 1. The average Bonchev–Trinajstić information content (AvgIpc) is 2.26. The first-order chi connectivity index (χ1) is 8.21. The van der Waals surface area contributed by atoms with Crippen molar-refractivity contribution in [3.05, 3.63) is 0 Å². The molecule has 1 amide bonds. The molecule has 0 bridgehead atoms. The summed E-state index contributed by atoms with van der Waals surface area (Å²) in [4.78, 5) is 11.8. The van der Waals surface area contributed by atoms with Crippen molar-refractivity contribution in [3.8, 4) is 0 Å². The molecule has 0 aromatic heterocycles. The maximum Gasteiger partial charge on any atom is 0.221 e. The molecule has 1 aliphatic heterocycles. The quantitative estimate of drug-likeness (QED) is 0.786. The van der Waals surface area contributed by atoms with Gasteiger partial charge in [-0.2, -0.15) is 0 Å². The fourth-order valence-electron chi connectivity index (χ4n) is 2.43. The third-order valence-corrected chi connectivity index (χ3v) is 3.68. The molecule has 0 aromatic carbocycles. The van der Waals surface area contributed by atoms with Gasteiger partial charge < -0.3 is 15.8 Å². The summed E-state index contributed by atoms with van der Waals surface area (Å²) in [7, 11) is 0. The van der Waals surface area contributed by atoms with Crippen molar-refractivity contribution >= 4 is 5.91 Å². The van der Waals surface area contributed by atoms with Gasteiger partial charge in [-0.15, -0.1) is 0 Å². The largest absolute Gasteiger partial charge is 0.381 e. The van der Waals surface area contributed by atoms with Gasteiger partial charge in [-0.1, -0.05) is 13.8 Å². The van der Waals surface area contributed by atoms with Gasteiger partial charge >= 0.3 is 0 Å². The zero-order valence-electron chi connectivity index (χ0n) is 12.2. The van der Waals surface area contributed by atoms with Crippen LogP contribution in [0.15, 0.2) is 0 Å². The van der Waals surface area contributed by atoms with E-state index in [4.69, 9.17) is 10.5 Å². The number of ether oxygens (including phenoxy) is 1. The molecule has 0 spiro atoms. The zero-order chi connectivity index (χ0) is 13.8. The van der Waals surface area contributed by atoms with Crippen molar-refractivity contribution in [1.29, 1.82) is 0 Å². The lowest BCUT2D eigenvalue weighted by Crippen LogP contribution is -2.44. The number of nitrogens with one attached hydrogen (secondary N) is 1. The molecule has 1 rings (SSSR count). The Morgan fingerprint density at radius 3 is 2.33 bits per heavy atom. The van der Waals surface area contributed by atoms with Crippen molar-refractivity contribution < 1.29 is 9.53 Å². The Labute approximate surface area is 111 Å². The van der Waals surface area contributed by atoms with Crippen molar-refractivity contribution in [3.63, 3.8) is 0 Å². The first kappa shape index (κ1) is 15.4. The van der Waals surface area contributed by atoms with Crippen LogP contribution in [-0.4, -0.2) is 31.2 Å². The summed E-state index contributed by atoms with van der Waals surface area (Å²) in [6.07, 6.45) is 2.55. The third-order valence-electron chi connectivity index (χ3n) is 3.68. The highest BCUT2D eigenvalue weighted by atomic mass is 16.5. The van der Waals surface area contributed by atoms with Crippen LogP contribution < -0.4 is 11.1 Å². The lowest BCUT2D eigenvalue weighted by molar-refractivity contribution is -0.122. The lowest BCUT2D eigenvalue weighted by atomic mass is 9.74. The Morgan fingerprint density at radius 2 is 1.83 bits per heavy atom. The van der Waals surface area contributed by atoms with E-state index in [0.29, 0.717) is 18.9 Å². The SMILES string of the molecule is CC(C)(N)CC(=O)NCC(C)(C)C1CCOCC1. The standard InChI is InChI=1S/C14H28N2O2/c1-13(2,11-5-7-18-8-6-11)10-16-12(17)9-14(3,4)15/h11H,5-10,15H2,1-4H3,(H,16,17). The van der Waals surface area contributed by atoms with E-state index < -0.39 is 5.54 Å². The zero-order valence-corrected chi connectivity index (χ0v) is 12.2. The molecule has 1 heterocycles. The van der Waals surface area contributed by atoms with Crippen LogP contribution in [0.2, 0.25) is 0 Å². The molecule has 1 aliphatic rings. The summed E-state index contributed by atoms with van der Waals surface area (Å²) in [6, 6.07) is 0. The Balaban J connectivity index is 2.38. The molecule has 106 valence electrons. The first-order valence-electron chi connectivity index (χ1n) is 6.84. The molecular weight excluding hydrogens is 228 g/mol. The molecule has 0 saturated carbocycles. The van der Waals surface area contributed by atoms with E-state index in [1.807, 2.05) is 13.8 Å². The summed E-state index contributed by atoms with van der Waals surface area (Å²) in [5.74, 6) is 0.667. The van der Waals surface area contributed by atoms with Gasteiger partial charge in [0.25, 0.3) is 0 Å². The molecule has 3 N–H and O–H groups in total. The second-order valence-electron chi connectivity index (χ2n) is 6.82. The molecule has 18 heavy (non-hydrogen) atoms. The molecule has 1 saturated heterocycles. The minimum Gasteiger partial charge on any atom is -0.381 e. The van der Waals surface area contributed by atoms with Crippen LogP contribution in [0.25, 0.3) is 0 Å². The summed E-state index contributed by atoms with van der Waals surface area (Å²) >= 11 is 0. The van der Waals surface area contributed by atoms with Crippen LogP contribution in [0.5, 0.6) is 0 Å². The van der Waals surface area contributed by atoms with Gasteiger partial charge in [0.05, 0.1) is 0 Å². The van der Waals surface area contributed by atoms with Crippen molar-refractivity contribution in [1.82, 2.24) is 5.32 Å². The van der Waals surface area contributed by atoms with Crippen molar-refractivity contribution in [2.45, 2.75) is 52.5 Å². The Kier molecular flexibility index (Phi) is 5.17. The molecule has 1 fully saturated rings. The first-order valence-corrected chi connectivity index (χ1v) is 6.84. The fraction of sp³-hybridized carbons (Fsp3) is 0.929. The Morgan fingerprint density at radius 1 is 1.28 bits per heavy atom. The highest BCUT2D eigenvalue weighted by Crippen LogP contribution is 2.33. The molecule has 0 aliphatic carbocycles. The highest BCUT2D eigenvalue weighted by molar-refractivity contribution is 5.77. The summed E-state index contributed by atoms with van der Waals surface area (Å²) < 4.78 is 5.38. The van der Waals surface area contributed by atoms with E-state index in [1.54, 1.807) is 0 Å². The topological polar surface area (TPSA) is 64.4 Å². The molecular formula is C14H28N2O2. The molecule has 0 aromatic rings. The minimum absolute atomic E-state index is 0.0441. The predicted octanol–water partition coefficient (Wildman–Crippen LogP) is 1.68. The van der Waals surface area contributed by atoms with E-state index in [0.717, 1.165) is 26.1 Å². The third kappa shape index (κ3) is 5.36. The van der Waals surface area contributed by atoms with E-state index in [9.17, 15) is 4.79 Å². The number of nitrogens with two attached hydrogens (primary N) is 1. The Bertz CT molecular complexity index is 276. The van der Waals surface area contributed by atoms with Gasteiger partial charge in [0.2, 0.25) is 5.91 Å². The molecule has 4 nitrogen and oxygen atoms in total. The number of hydrogen-bond acceptors (Lipinski definition) is 3. The maximum atomic E-state index is 11.8. The second-order valence-corrected chi connectivity index (χ2v) is 6.82. The van der Waals surface area contributed by atoms with Gasteiger partial charge in [-0.3, -0.25) is 4.79 Å².